The van der Waals surface area contributed by atoms with Crippen molar-refractivity contribution in [1.29, 1.82) is 0 Å². The zero-order valence-corrected chi connectivity index (χ0v) is 16.3. The maximum absolute atomic E-state index is 4.83. The fraction of sp³-hybridized carbons (Fsp3) is 0.238. The number of anilines is 1. The molecule has 0 amide bonds. The van der Waals surface area contributed by atoms with Crippen molar-refractivity contribution in [2.75, 3.05) is 32.5 Å². The van der Waals surface area contributed by atoms with Crippen LogP contribution in [0.3, 0.4) is 0 Å². The van der Waals surface area contributed by atoms with E-state index >= 15 is 0 Å². The molecule has 7 heteroatoms. The van der Waals surface area contributed by atoms with Crippen LogP contribution in [0.4, 0.5) is 5.95 Å². The van der Waals surface area contributed by atoms with Crippen LogP contribution in [-0.4, -0.2) is 56.4 Å². The minimum Gasteiger partial charge on any atom is -0.353 e. The molecule has 142 valence electrons. The molecule has 4 aromatic rings. The second-order valence-corrected chi connectivity index (χ2v) is 6.90. The summed E-state index contributed by atoms with van der Waals surface area (Å²) in [6, 6.07) is 13.8. The third-order valence-corrected chi connectivity index (χ3v) is 4.40. The predicted octanol–water partition coefficient (Wildman–Crippen LogP) is 3.14. The van der Waals surface area contributed by atoms with E-state index in [1.54, 1.807) is 6.20 Å². The van der Waals surface area contributed by atoms with Gasteiger partial charge in [0.2, 0.25) is 5.95 Å². The van der Waals surface area contributed by atoms with Crippen molar-refractivity contribution in [1.82, 2.24) is 29.2 Å². The Morgan fingerprint density at radius 2 is 1.86 bits per heavy atom. The largest absolute Gasteiger partial charge is 0.353 e. The number of hydrogen-bond acceptors (Lipinski definition) is 6. The zero-order chi connectivity index (χ0) is 19.5. The summed E-state index contributed by atoms with van der Waals surface area (Å²) in [6.07, 6.45) is 3.77. The average Bonchev–Trinajstić information content (AvgIpc) is 3.07. The van der Waals surface area contributed by atoms with Crippen LogP contribution in [0.5, 0.6) is 0 Å². The van der Waals surface area contributed by atoms with Gasteiger partial charge < -0.3 is 10.2 Å². The Morgan fingerprint density at radius 1 is 0.964 bits per heavy atom. The molecule has 4 aromatic heterocycles. The molecule has 7 nitrogen and oxygen atoms in total. The van der Waals surface area contributed by atoms with Gasteiger partial charge in [-0.25, -0.2) is 15.0 Å². The highest BCUT2D eigenvalue weighted by molar-refractivity contribution is 5.79. The number of imidazole rings is 1. The molecule has 0 aliphatic heterocycles. The number of aromatic nitrogens is 5. The van der Waals surface area contributed by atoms with Gasteiger partial charge in [-0.15, -0.1) is 0 Å². The van der Waals surface area contributed by atoms with Crippen molar-refractivity contribution in [3.8, 4) is 22.8 Å². The van der Waals surface area contributed by atoms with Gasteiger partial charge in [0.1, 0.15) is 17.0 Å². The second-order valence-electron chi connectivity index (χ2n) is 6.90. The summed E-state index contributed by atoms with van der Waals surface area (Å²) in [4.78, 5) is 20.7. The van der Waals surface area contributed by atoms with Crippen LogP contribution >= 0.6 is 0 Å². The number of hydrogen-bond donors (Lipinski definition) is 1. The number of pyridine rings is 2. The first-order valence-electron chi connectivity index (χ1n) is 9.25. The normalized spacial score (nSPS) is 11.3. The van der Waals surface area contributed by atoms with Gasteiger partial charge in [0.25, 0.3) is 0 Å². The van der Waals surface area contributed by atoms with Crippen molar-refractivity contribution in [2.24, 2.45) is 0 Å². The van der Waals surface area contributed by atoms with E-state index in [0.717, 1.165) is 47.2 Å². The highest BCUT2D eigenvalue weighted by atomic mass is 15.1. The van der Waals surface area contributed by atoms with E-state index in [-0.39, 0.29) is 0 Å². The molecule has 0 saturated carbocycles. The molecule has 0 radical (unpaired) electrons. The zero-order valence-electron chi connectivity index (χ0n) is 16.3. The fourth-order valence-electron chi connectivity index (χ4n) is 3.06. The molecular formula is C21H23N7. The van der Waals surface area contributed by atoms with E-state index in [2.05, 4.69) is 20.2 Å². The average molecular weight is 373 g/mol. The highest BCUT2D eigenvalue weighted by Crippen LogP contribution is 2.31. The van der Waals surface area contributed by atoms with Crippen molar-refractivity contribution in [2.45, 2.75) is 6.92 Å². The van der Waals surface area contributed by atoms with E-state index < -0.39 is 0 Å². The van der Waals surface area contributed by atoms with Crippen LogP contribution in [0.2, 0.25) is 0 Å². The Bertz CT molecular complexity index is 1100. The van der Waals surface area contributed by atoms with Crippen molar-refractivity contribution in [3.05, 3.63) is 60.6 Å². The van der Waals surface area contributed by atoms with Crippen molar-refractivity contribution < 1.29 is 0 Å². The summed E-state index contributed by atoms with van der Waals surface area (Å²) >= 11 is 0. The molecule has 0 bridgehead atoms. The van der Waals surface area contributed by atoms with Crippen LogP contribution in [0, 0.1) is 6.92 Å². The number of rotatable bonds is 6. The first-order valence-corrected chi connectivity index (χ1v) is 9.25. The molecule has 0 aliphatic rings. The Balaban J connectivity index is 1.81. The lowest BCUT2D eigenvalue weighted by molar-refractivity contribution is 0.425. The van der Waals surface area contributed by atoms with E-state index in [0.29, 0.717) is 5.95 Å². The standard InChI is InChI=1S/C21H23N7/c1-15-7-6-8-16(24-15)19-20(28-13-5-4-9-18(28)26-19)17-10-11-22-21(25-17)23-12-14-27(2)3/h4-11,13H,12,14H2,1-3H3,(H,22,23,25). The smallest absolute Gasteiger partial charge is 0.223 e. The lowest BCUT2D eigenvalue weighted by Crippen LogP contribution is -2.21. The van der Waals surface area contributed by atoms with Gasteiger partial charge >= 0.3 is 0 Å². The molecule has 4 heterocycles. The Labute approximate surface area is 164 Å². The molecule has 0 fully saturated rings. The van der Waals surface area contributed by atoms with Crippen LogP contribution in [0.1, 0.15) is 5.69 Å². The molecule has 0 saturated heterocycles. The fourth-order valence-corrected chi connectivity index (χ4v) is 3.06. The van der Waals surface area contributed by atoms with Crippen molar-refractivity contribution in [3.63, 3.8) is 0 Å². The van der Waals surface area contributed by atoms with Gasteiger partial charge in [-0.1, -0.05) is 12.1 Å². The second kappa shape index (κ2) is 7.74. The van der Waals surface area contributed by atoms with E-state index in [4.69, 9.17) is 9.97 Å². The molecule has 4 rings (SSSR count). The third-order valence-electron chi connectivity index (χ3n) is 4.40. The number of fused-ring (bicyclic) bond motifs is 1. The highest BCUT2D eigenvalue weighted by Gasteiger charge is 2.18. The lowest BCUT2D eigenvalue weighted by atomic mass is 10.1. The van der Waals surface area contributed by atoms with Crippen LogP contribution in [0.25, 0.3) is 28.4 Å². The summed E-state index contributed by atoms with van der Waals surface area (Å²) in [5.74, 6) is 0.605. The number of nitrogens with one attached hydrogen (secondary N) is 1. The number of likely N-dealkylation sites (N-methyl/N-ethyl adjacent to an activating group) is 1. The van der Waals surface area contributed by atoms with Crippen LogP contribution < -0.4 is 5.32 Å². The van der Waals surface area contributed by atoms with E-state index in [9.17, 15) is 0 Å². The number of nitrogens with zero attached hydrogens (tertiary/aromatic N) is 6. The minimum absolute atomic E-state index is 0.605. The lowest BCUT2D eigenvalue weighted by Gasteiger charge is -2.11. The molecule has 28 heavy (non-hydrogen) atoms. The molecule has 0 unspecified atom stereocenters. The van der Waals surface area contributed by atoms with Gasteiger partial charge in [0, 0.05) is 31.2 Å². The monoisotopic (exact) mass is 373 g/mol. The van der Waals surface area contributed by atoms with Crippen molar-refractivity contribution >= 4 is 11.6 Å². The minimum atomic E-state index is 0.605. The van der Waals surface area contributed by atoms with Crippen LogP contribution in [-0.2, 0) is 0 Å². The van der Waals surface area contributed by atoms with Gasteiger partial charge in [-0.05, 0) is 51.4 Å². The first kappa shape index (κ1) is 18.1. The topological polar surface area (TPSA) is 71.2 Å². The third kappa shape index (κ3) is 3.70. The summed E-state index contributed by atoms with van der Waals surface area (Å²) in [7, 11) is 4.08. The van der Waals surface area contributed by atoms with Crippen LogP contribution in [0.15, 0.2) is 54.9 Å². The van der Waals surface area contributed by atoms with Gasteiger partial charge in [-0.3, -0.25) is 9.38 Å². The Hall–Kier alpha value is -3.32. The van der Waals surface area contributed by atoms with E-state index in [1.807, 2.05) is 74.1 Å². The molecular weight excluding hydrogens is 350 g/mol. The molecule has 0 spiro atoms. The van der Waals surface area contributed by atoms with Gasteiger partial charge in [0.05, 0.1) is 11.4 Å². The first-order chi connectivity index (χ1) is 13.6. The Kier molecular flexibility index (Phi) is 4.99. The maximum Gasteiger partial charge on any atom is 0.223 e. The summed E-state index contributed by atoms with van der Waals surface area (Å²) < 4.78 is 2.05. The van der Waals surface area contributed by atoms with Gasteiger partial charge in [0.15, 0.2) is 0 Å². The Morgan fingerprint density at radius 3 is 2.68 bits per heavy atom. The summed E-state index contributed by atoms with van der Waals surface area (Å²) in [5, 5.41) is 3.29. The molecule has 0 atom stereocenters. The molecule has 1 N–H and O–H groups in total. The van der Waals surface area contributed by atoms with E-state index in [1.165, 1.54) is 0 Å². The SMILES string of the molecule is Cc1cccc(-c2nc3ccccn3c2-c2ccnc(NCCN(C)C)n2)n1. The molecule has 0 aromatic carbocycles. The summed E-state index contributed by atoms with van der Waals surface area (Å²) in [6.45, 7) is 3.66. The molecule has 0 aliphatic carbocycles. The quantitative estimate of drug-likeness (QED) is 0.560. The predicted molar refractivity (Wildman–Crippen MR) is 111 cm³/mol. The summed E-state index contributed by atoms with van der Waals surface area (Å²) in [5.41, 5.74) is 5.17. The number of aryl methyl sites for hydroxylation is 1. The maximum atomic E-state index is 4.83. The van der Waals surface area contributed by atoms with Gasteiger partial charge in [-0.2, -0.15) is 0 Å².